The highest BCUT2D eigenvalue weighted by Gasteiger charge is 2.30. The maximum atomic E-state index is 12.7. The van der Waals surface area contributed by atoms with E-state index in [4.69, 9.17) is 10.5 Å². The van der Waals surface area contributed by atoms with Crippen molar-refractivity contribution >= 4 is 5.82 Å². The van der Waals surface area contributed by atoms with Crippen molar-refractivity contribution in [1.82, 2.24) is 9.97 Å². The Morgan fingerprint density at radius 2 is 1.71 bits per heavy atom. The zero-order valence-corrected chi connectivity index (χ0v) is 12.3. The first-order valence-corrected chi connectivity index (χ1v) is 6.94. The summed E-state index contributed by atoms with van der Waals surface area (Å²) >= 11 is 0. The van der Waals surface area contributed by atoms with Crippen molar-refractivity contribution in [3.05, 3.63) is 66.6 Å². The molecule has 0 unspecified atom stereocenters. The van der Waals surface area contributed by atoms with Gasteiger partial charge in [-0.2, -0.15) is 13.2 Å². The number of benzene rings is 2. The van der Waals surface area contributed by atoms with Gasteiger partial charge in [0, 0.05) is 11.8 Å². The van der Waals surface area contributed by atoms with Crippen LogP contribution in [0.1, 0.15) is 5.56 Å². The monoisotopic (exact) mass is 331 g/mol. The fourth-order valence-corrected chi connectivity index (χ4v) is 2.14. The molecule has 24 heavy (non-hydrogen) atoms. The van der Waals surface area contributed by atoms with Gasteiger partial charge >= 0.3 is 6.18 Å². The Hall–Kier alpha value is -3.09. The van der Waals surface area contributed by atoms with Crippen molar-refractivity contribution in [1.29, 1.82) is 0 Å². The van der Waals surface area contributed by atoms with Crippen molar-refractivity contribution in [2.24, 2.45) is 0 Å². The molecular weight excluding hydrogens is 319 g/mol. The summed E-state index contributed by atoms with van der Waals surface area (Å²) < 4.78 is 43.6. The van der Waals surface area contributed by atoms with Crippen LogP contribution in [0.15, 0.2) is 61.1 Å². The van der Waals surface area contributed by atoms with E-state index in [1.165, 1.54) is 18.5 Å². The van der Waals surface area contributed by atoms with E-state index in [2.05, 4.69) is 9.97 Å². The fourth-order valence-electron chi connectivity index (χ4n) is 2.14. The van der Waals surface area contributed by atoms with Crippen LogP contribution in [-0.4, -0.2) is 9.97 Å². The quantitative estimate of drug-likeness (QED) is 0.765. The molecule has 0 bridgehead atoms. The smallest absolute Gasteiger partial charge is 0.416 e. The summed E-state index contributed by atoms with van der Waals surface area (Å²) in [4.78, 5) is 7.82. The fraction of sp³-hybridized carbons (Fsp3) is 0.0588. The van der Waals surface area contributed by atoms with Gasteiger partial charge in [-0.3, -0.25) is 0 Å². The van der Waals surface area contributed by atoms with Gasteiger partial charge in [-0.25, -0.2) is 9.97 Å². The number of nitrogens with zero attached hydrogens (tertiary/aromatic N) is 2. The summed E-state index contributed by atoms with van der Waals surface area (Å²) in [5, 5.41) is 0. The van der Waals surface area contributed by atoms with E-state index >= 15 is 0 Å². The van der Waals surface area contributed by atoms with Crippen LogP contribution in [0.3, 0.4) is 0 Å². The van der Waals surface area contributed by atoms with Gasteiger partial charge in [0.2, 0.25) is 0 Å². The summed E-state index contributed by atoms with van der Waals surface area (Å²) in [6.07, 6.45) is -1.47. The van der Waals surface area contributed by atoms with Crippen LogP contribution >= 0.6 is 0 Å². The Balaban J connectivity index is 1.81. The Labute approximate surface area is 135 Å². The third kappa shape index (κ3) is 3.45. The minimum absolute atomic E-state index is 0.111. The largest absolute Gasteiger partial charge is 0.457 e. The average Bonchev–Trinajstić information content (AvgIpc) is 2.56. The lowest BCUT2D eigenvalue weighted by atomic mass is 10.1. The van der Waals surface area contributed by atoms with Crippen LogP contribution in [0.5, 0.6) is 11.5 Å². The number of rotatable bonds is 3. The number of alkyl halides is 3. The second kappa shape index (κ2) is 6.19. The molecule has 0 spiro atoms. The van der Waals surface area contributed by atoms with E-state index in [1.807, 2.05) is 0 Å². The van der Waals surface area contributed by atoms with E-state index < -0.39 is 11.7 Å². The number of hydrogen-bond acceptors (Lipinski definition) is 4. The van der Waals surface area contributed by atoms with Gasteiger partial charge < -0.3 is 10.5 Å². The van der Waals surface area contributed by atoms with E-state index in [-0.39, 0.29) is 5.75 Å². The molecule has 3 aromatic rings. The number of nitrogens with two attached hydrogens (primary N) is 1. The minimum atomic E-state index is -4.41. The molecule has 0 aliphatic heterocycles. The molecule has 2 aromatic carbocycles. The standard InChI is InChI=1S/C17H12F3N3O/c18-17(19,20)12-2-1-3-14(8-12)24-13-6-4-11(5-7-13)15-9-22-10-23-16(15)21/h1-10H,(H2,21,22,23). The average molecular weight is 331 g/mol. The third-order valence-electron chi connectivity index (χ3n) is 3.31. The molecule has 3 rings (SSSR count). The summed E-state index contributed by atoms with van der Waals surface area (Å²) in [7, 11) is 0. The molecule has 0 saturated heterocycles. The molecule has 0 radical (unpaired) electrons. The minimum Gasteiger partial charge on any atom is -0.457 e. The van der Waals surface area contributed by atoms with Gasteiger partial charge in [0.1, 0.15) is 23.6 Å². The van der Waals surface area contributed by atoms with Crippen LogP contribution in [-0.2, 0) is 6.18 Å². The molecule has 0 atom stereocenters. The Morgan fingerprint density at radius 1 is 0.958 bits per heavy atom. The molecular formula is C17H12F3N3O. The zero-order valence-electron chi connectivity index (χ0n) is 12.3. The van der Waals surface area contributed by atoms with Gasteiger partial charge in [0.25, 0.3) is 0 Å². The Bertz CT molecular complexity index is 848. The maximum Gasteiger partial charge on any atom is 0.416 e. The van der Waals surface area contributed by atoms with Gasteiger partial charge in [-0.05, 0) is 35.9 Å². The maximum absolute atomic E-state index is 12.7. The lowest BCUT2D eigenvalue weighted by Gasteiger charge is -2.10. The lowest BCUT2D eigenvalue weighted by Crippen LogP contribution is -2.04. The summed E-state index contributed by atoms with van der Waals surface area (Å²) in [6.45, 7) is 0. The SMILES string of the molecule is Nc1ncncc1-c1ccc(Oc2cccc(C(F)(F)F)c2)cc1. The van der Waals surface area contributed by atoms with Crippen LogP contribution in [0.4, 0.5) is 19.0 Å². The van der Waals surface area contributed by atoms with Gasteiger partial charge in [0.15, 0.2) is 0 Å². The zero-order chi connectivity index (χ0) is 17.2. The number of aromatic nitrogens is 2. The van der Waals surface area contributed by atoms with Crippen molar-refractivity contribution in [2.45, 2.75) is 6.18 Å². The first-order chi connectivity index (χ1) is 11.4. The van der Waals surface area contributed by atoms with Crippen LogP contribution in [0, 0.1) is 0 Å². The van der Waals surface area contributed by atoms with Gasteiger partial charge in [-0.15, -0.1) is 0 Å². The van der Waals surface area contributed by atoms with Crippen molar-refractivity contribution < 1.29 is 17.9 Å². The van der Waals surface area contributed by atoms with E-state index in [1.54, 1.807) is 30.5 Å². The predicted molar refractivity (Wildman–Crippen MR) is 83.4 cm³/mol. The summed E-state index contributed by atoms with van der Waals surface area (Å²) in [6, 6.07) is 11.5. The highest BCUT2D eigenvalue weighted by molar-refractivity contribution is 5.72. The Kier molecular flexibility index (Phi) is 4.07. The lowest BCUT2D eigenvalue weighted by molar-refractivity contribution is -0.137. The second-order valence-corrected chi connectivity index (χ2v) is 4.97. The molecule has 0 fully saturated rings. The number of halogens is 3. The van der Waals surface area contributed by atoms with Crippen LogP contribution in [0.25, 0.3) is 11.1 Å². The van der Waals surface area contributed by atoms with Crippen molar-refractivity contribution in [3.8, 4) is 22.6 Å². The molecule has 0 aliphatic carbocycles. The molecule has 1 heterocycles. The van der Waals surface area contributed by atoms with Crippen LogP contribution < -0.4 is 10.5 Å². The molecule has 122 valence electrons. The summed E-state index contributed by atoms with van der Waals surface area (Å²) in [5.41, 5.74) is 6.48. The summed E-state index contributed by atoms with van der Waals surface area (Å²) in [5.74, 6) is 0.866. The molecule has 0 aliphatic rings. The van der Waals surface area contributed by atoms with E-state index in [0.29, 0.717) is 17.1 Å². The number of hydrogen-bond donors (Lipinski definition) is 1. The normalized spacial score (nSPS) is 11.3. The topological polar surface area (TPSA) is 61.0 Å². The molecule has 4 nitrogen and oxygen atoms in total. The number of nitrogen functional groups attached to an aromatic ring is 1. The molecule has 1 aromatic heterocycles. The highest BCUT2D eigenvalue weighted by atomic mass is 19.4. The van der Waals surface area contributed by atoms with Crippen molar-refractivity contribution in [2.75, 3.05) is 5.73 Å². The third-order valence-corrected chi connectivity index (χ3v) is 3.31. The van der Waals surface area contributed by atoms with Gasteiger partial charge in [0.05, 0.1) is 5.56 Å². The number of ether oxygens (including phenoxy) is 1. The number of anilines is 1. The molecule has 2 N–H and O–H groups in total. The Morgan fingerprint density at radius 3 is 2.38 bits per heavy atom. The first-order valence-electron chi connectivity index (χ1n) is 6.94. The molecule has 0 amide bonds. The van der Waals surface area contributed by atoms with E-state index in [9.17, 15) is 13.2 Å². The van der Waals surface area contributed by atoms with Gasteiger partial charge in [-0.1, -0.05) is 18.2 Å². The second-order valence-electron chi connectivity index (χ2n) is 4.97. The van der Waals surface area contributed by atoms with Crippen molar-refractivity contribution in [3.63, 3.8) is 0 Å². The first kappa shape index (κ1) is 15.8. The predicted octanol–water partition coefficient (Wildman–Crippen LogP) is 4.54. The highest BCUT2D eigenvalue weighted by Crippen LogP contribution is 2.33. The van der Waals surface area contributed by atoms with E-state index in [0.717, 1.165) is 17.7 Å². The molecule has 7 heteroatoms. The molecule has 0 saturated carbocycles. The van der Waals surface area contributed by atoms with Crippen LogP contribution in [0.2, 0.25) is 0 Å².